The van der Waals surface area contributed by atoms with Gasteiger partial charge in [0.05, 0.1) is 24.1 Å². The number of hydrogen-bond donors (Lipinski definition) is 0. The monoisotopic (exact) mass is 412 g/mol. The summed E-state index contributed by atoms with van der Waals surface area (Å²) in [5, 5.41) is 0. The first-order valence-corrected chi connectivity index (χ1v) is 12.2. The molecule has 2 aliphatic heterocycles. The summed E-state index contributed by atoms with van der Waals surface area (Å²) in [6.07, 6.45) is 2.77. The molecule has 2 saturated heterocycles. The molecule has 0 N–H and O–H groups in total. The van der Waals surface area contributed by atoms with Crippen molar-refractivity contribution in [2.24, 2.45) is 0 Å². The molecule has 2 aromatic carbocycles. The first kappa shape index (κ1) is 20.1. The maximum atomic E-state index is 13.0. The minimum atomic E-state index is -3.15. The summed E-state index contributed by atoms with van der Waals surface area (Å²) in [7, 11) is -3.15. The molecular formula is C23H28N2O3S. The summed E-state index contributed by atoms with van der Waals surface area (Å²) in [6, 6.07) is 17.8. The average molecular weight is 413 g/mol. The average Bonchev–Trinajstić information content (AvgIpc) is 3.04. The molecule has 4 rings (SSSR count). The lowest BCUT2D eigenvalue weighted by molar-refractivity contribution is -0.123. The third-order valence-corrected chi connectivity index (χ3v) is 7.78. The second kappa shape index (κ2) is 8.28. The van der Waals surface area contributed by atoms with Gasteiger partial charge in [0.25, 0.3) is 0 Å². The highest BCUT2D eigenvalue weighted by Crippen LogP contribution is 2.32. The highest BCUT2D eigenvalue weighted by molar-refractivity contribution is 7.91. The zero-order valence-electron chi connectivity index (χ0n) is 16.8. The number of aryl methyl sites for hydroxylation is 2. The van der Waals surface area contributed by atoms with E-state index >= 15 is 0 Å². The van der Waals surface area contributed by atoms with Gasteiger partial charge in [-0.3, -0.25) is 9.69 Å². The van der Waals surface area contributed by atoms with Gasteiger partial charge in [0.15, 0.2) is 9.84 Å². The number of fused-ring (bicyclic) bond motifs is 1. The molecule has 0 spiro atoms. The van der Waals surface area contributed by atoms with Crippen molar-refractivity contribution in [3.8, 4) is 0 Å². The summed E-state index contributed by atoms with van der Waals surface area (Å²) in [4.78, 5) is 16.9. The standard InChI is InChI=1S/C23H28N2O3S/c1-2-18-10-12-20(13-11-18)25-22-17-29(27,28)16-21(22)24(15-23(25)26)14-6-9-19-7-4-3-5-8-19/h3-5,7-8,10-13,21-22H,2,6,9,14-17H2,1H3. The highest BCUT2D eigenvalue weighted by Gasteiger charge is 2.49. The fourth-order valence-electron chi connectivity index (χ4n) is 4.56. The second-order valence-corrected chi connectivity index (χ2v) is 10.2. The predicted molar refractivity (Wildman–Crippen MR) is 116 cm³/mol. The van der Waals surface area contributed by atoms with E-state index in [2.05, 4.69) is 24.0 Å². The molecule has 0 bridgehead atoms. The molecule has 6 heteroatoms. The van der Waals surface area contributed by atoms with Gasteiger partial charge in [-0.05, 0) is 49.1 Å². The van der Waals surface area contributed by atoms with Crippen LogP contribution < -0.4 is 4.90 Å². The Kier molecular flexibility index (Phi) is 5.74. The predicted octanol–water partition coefficient (Wildman–Crippen LogP) is 2.70. The van der Waals surface area contributed by atoms with Gasteiger partial charge in [-0.25, -0.2) is 8.42 Å². The van der Waals surface area contributed by atoms with Crippen molar-refractivity contribution in [3.05, 3.63) is 65.7 Å². The van der Waals surface area contributed by atoms with Crippen LogP contribution >= 0.6 is 0 Å². The number of benzene rings is 2. The van der Waals surface area contributed by atoms with Crippen molar-refractivity contribution in [3.63, 3.8) is 0 Å². The first-order chi connectivity index (χ1) is 14.0. The van der Waals surface area contributed by atoms with Gasteiger partial charge in [-0.15, -0.1) is 0 Å². The molecule has 2 aromatic rings. The SMILES string of the molecule is CCc1ccc(N2C(=O)CN(CCCc3ccccc3)C3CS(=O)(=O)CC32)cc1. The van der Waals surface area contributed by atoms with Crippen LogP contribution in [0.5, 0.6) is 0 Å². The van der Waals surface area contributed by atoms with Crippen molar-refractivity contribution in [1.82, 2.24) is 4.90 Å². The Morgan fingerprint density at radius 2 is 1.62 bits per heavy atom. The molecule has 0 aromatic heterocycles. The van der Waals surface area contributed by atoms with Gasteiger partial charge in [0.2, 0.25) is 5.91 Å². The number of amides is 1. The van der Waals surface area contributed by atoms with Crippen LogP contribution in [0.3, 0.4) is 0 Å². The smallest absolute Gasteiger partial charge is 0.241 e. The summed E-state index contributed by atoms with van der Waals surface area (Å²) in [5.74, 6) is 0.181. The number of rotatable bonds is 6. The van der Waals surface area contributed by atoms with Crippen LogP contribution in [0.1, 0.15) is 24.5 Å². The van der Waals surface area contributed by atoms with E-state index in [1.165, 1.54) is 11.1 Å². The van der Waals surface area contributed by atoms with Gasteiger partial charge < -0.3 is 4.90 Å². The van der Waals surface area contributed by atoms with Crippen LogP contribution in [0, 0.1) is 0 Å². The van der Waals surface area contributed by atoms with Crippen LogP contribution in [0.15, 0.2) is 54.6 Å². The van der Waals surface area contributed by atoms with Crippen molar-refractivity contribution < 1.29 is 13.2 Å². The van der Waals surface area contributed by atoms with E-state index in [1.54, 1.807) is 4.90 Å². The normalized spacial score (nSPS) is 23.9. The summed E-state index contributed by atoms with van der Waals surface area (Å²) in [6.45, 7) is 3.11. The fourth-order valence-corrected chi connectivity index (χ4v) is 6.54. The Balaban J connectivity index is 1.51. The second-order valence-electron chi connectivity index (χ2n) is 8.05. The molecule has 1 amide bonds. The molecule has 154 valence electrons. The largest absolute Gasteiger partial charge is 0.306 e. The molecule has 2 atom stereocenters. The van der Waals surface area contributed by atoms with Gasteiger partial charge in [0, 0.05) is 11.7 Å². The molecule has 0 saturated carbocycles. The van der Waals surface area contributed by atoms with Crippen LogP contribution in [-0.4, -0.2) is 55.9 Å². The Hall–Kier alpha value is -2.18. The number of nitrogens with zero attached hydrogens (tertiary/aromatic N) is 2. The topological polar surface area (TPSA) is 57.7 Å². The van der Waals surface area contributed by atoms with Crippen LogP contribution in [0.25, 0.3) is 0 Å². The third-order valence-electron chi connectivity index (χ3n) is 6.08. The van der Waals surface area contributed by atoms with Crippen molar-refractivity contribution in [2.45, 2.75) is 38.3 Å². The lowest BCUT2D eigenvalue weighted by Crippen LogP contribution is -2.62. The molecule has 29 heavy (non-hydrogen) atoms. The van der Waals surface area contributed by atoms with E-state index in [0.717, 1.165) is 31.5 Å². The van der Waals surface area contributed by atoms with Crippen molar-refractivity contribution in [2.75, 3.05) is 29.5 Å². The lowest BCUT2D eigenvalue weighted by atomic mass is 10.0. The maximum absolute atomic E-state index is 13.0. The Morgan fingerprint density at radius 3 is 2.31 bits per heavy atom. The quantitative estimate of drug-likeness (QED) is 0.732. The minimum absolute atomic E-state index is 0.00712. The zero-order valence-corrected chi connectivity index (χ0v) is 17.6. The first-order valence-electron chi connectivity index (χ1n) is 10.4. The number of piperazine rings is 1. The van der Waals surface area contributed by atoms with Gasteiger partial charge in [0.1, 0.15) is 0 Å². The van der Waals surface area contributed by atoms with Gasteiger partial charge in [-0.2, -0.15) is 0 Å². The molecule has 2 heterocycles. The van der Waals surface area contributed by atoms with E-state index in [1.807, 2.05) is 42.5 Å². The Bertz CT molecular complexity index is 957. The molecule has 0 radical (unpaired) electrons. The number of sulfone groups is 1. The Morgan fingerprint density at radius 1 is 0.931 bits per heavy atom. The number of carbonyl (C=O) groups excluding carboxylic acids is 1. The number of carbonyl (C=O) groups is 1. The Labute approximate surface area is 173 Å². The molecule has 2 aliphatic rings. The fraction of sp³-hybridized carbons (Fsp3) is 0.435. The molecule has 2 fully saturated rings. The highest BCUT2D eigenvalue weighted by atomic mass is 32.2. The molecule has 2 unspecified atom stereocenters. The number of hydrogen-bond acceptors (Lipinski definition) is 4. The number of anilines is 1. The molecule has 5 nitrogen and oxygen atoms in total. The summed E-state index contributed by atoms with van der Waals surface area (Å²) < 4.78 is 24.9. The van der Waals surface area contributed by atoms with Crippen LogP contribution in [0.2, 0.25) is 0 Å². The van der Waals surface area contributed by atoms with Crippen molar-refractivity contribution in [1.29, 1.82) is 0 Å². The van der Waals surface area contributed by atoms with Crippen molar-refractivity contribution >= 4 is 21.4 Å². The van der Waals surface area contributed by atoms with Gasteiger partial charge >= 0.3 is 0 Å². The summed E-state index contributed by atoms with van der Waals surface area (Å²) in [5.41, 5.74) is 3.28. The van der Waals surface area contributed by atoms with E-state index in [4.69, 9.17) is 0 Å². The third kappa shape index (κ3) is 4.38. The van der Waals surface area contributed by atoms with Crippen LogP contribution in [0.4, 0.5) is 5.69 Å². The van der Waals surface area contributed by atoms with E-state index in [0.29, 0.717) is 0 Å². The minimum Gasteiger partial charge on any atom is -0.306 e. The zero-order chi connectivity index (χ0) is 20.4. The molecule has 0 aliphatic carbocycles. The van der Waals surface area contributed by atoms with E-state index < -0.39 is 9.84 Å². The van der Waals surface area contributed by atoms with Gasteiger partial charge in [-0.1, -0.05) is 49.4 Å². The summed E-state index contributed by atoms with van der Waals surface area (Å²) >= 11 is 0. The van der Waals surface area contributed by atoms with E-state index in [9.17, 15) is 13.2 Å². The van der Waals surface area contributed by atoms with Crippen LogP contribution in [-0.2, 0) is 27.5 Å². The van der Waals surface area contributed by atoms with E-state index in [-0.39, 0.29) is 36.0 Å². The molecular weight excluding hydrogens is 384 g/mol. The maximum Gasteiger partial charge on any atom is 0.241 e. The lowest BCUT2D eigenvalue weighted by Gasteiger charge is -2.43.